The lowest BCUT2D eigenvalue weighted by Gasteiger charge is -2.34. The fourth-order valence-corrected chi connectivity index (χ4v) is 6.79. The Morgan fingerprint density at radius 1 is 0.915 bits per heavy atom. The van der Waals surface area contributed by atoms with Crippen molar-refractivity contribution in [2.24, 2.45) is 0 Å². The summed E-state index contributed by atoms with van der Waals surface area (Å²) in [5.74, 6) is -1.20. The van der Waals surface area contributed by atoms with Gasteiger partial charge in [-0.3, -0.25) is 13.9 Å². The number of amides is 2. The third kappa shape index (κ3) is 9.47. The SMILES string of the molecule is CCOc1ccc(N(CC(=O)N(Cc2ccc(Cl)cc2Cl)[C@H](Cc2ccccc2)C(=O)NC(C)C)S(=O)(=O)c2ccc(F)cc2)cc1. The van der Waals surface area contributed by atoms with Crippen molar-refractivity contribution in [2.45, 2.75) is 50.7 Å². The average Bonchev–Trinajstić information content (AvgIpc) is 3.03. The van der Waals surface area contributed by atoms with E-state index in [0.29, 0.717) is 22.9 Å². The monoisotopic (exact) mass is 699 g/mol. The summed E-state index contributed by atoms with van der Waals surface area (Å²) in [6.45, 7) is 5.04. The normalized spacial score (nSPS) is 12.0. The number of sulfonamides is 1. The van der Waals surface area contributed by atoms with Crippen LogP contribution in [0.15, 0.2) is 102 Å². The first-order chi connectivity index (χ1) is 22.4. The Kier molecular flexibility index (Phi) is 12.3. The van der Waals surface area contributed by atoms with E-state index < -0.39 is 40.2 Å². The number of hydrogen-bond donors (Lipinski definition) is 1. The molecule has 0 spiro atoms. The van der Waals surface area contributed by atoms with E-state index in [9.17, 15) is 22.4 Å². The molecule has 0 heterocycles. The van der Waals surface area contributed by atoms with Crippen LogP contribution in [0.5, 0.6) is 5.75 Å². The van der Waals surface area contributed by atoms with Crippen molar-refractivity contribution in [2.75, 3.05) is 17.5 Å². The van der Waals surface area contributed by atoms with Crippen molar-refractivity contribution in [1.82, 2.24) is 10.2 Å². The number of halogens is 3. The quantitative estimate of drug-likeness (QED) is 0.155. The molecule has 0 unspecified atom stereocenters. The van der Waals surface area contributed by atoms with Crippen molar-refractivity contribution >= 4 is 50.7 Å². The van der Waals surface area contributed by atoms with E-state index in [-0.39, 0.29) is 34.6 Å². The molecule has 0 aliphatic heterocycles. The molecule has 4 aromatic carbocycles. The summed E-state index contributed by atoms with van der Waals surface area (Å²) in [5.41, 5.74) is 1.47. The van der Waals surface area contributed by atoms with Crippen molar-refractivity contribution < 1.29 is 27.1 Å². The number of carbonyl (C=O) groups is 2. The molecule has 0 aliphatic rings. The highest BCUT2D eigenvalue weighted by atomic mass is 35.5. The molecule has 0 fully saturated rings. The van der Waals surface area contributed by atoms with Gasteiger partial charge >= 0.3 is 0 Å². The molecular formula is C35H36Cl2FN3O5S. The van der Waals surface area contributed by atoms with Gasteiger partial charge in [0.15, 0.2) is 0 Å². The van der Waals surface area contributed by atoms with Crippen LogP contribution in [-0.4, -0.2) is 50.4 Å². The van der Waals surface area contributed by atoms with Gasteiger partial charge in [0.2, 0.25) is 11.8 Å². The number of hydrogen-bond acceptors (Lipinski definition) is 5. The highest BCUT2D eigenvalue weighted by Crippen LogP contribution is 2.28. The van der Waals surface area contributed by atoms with Gasteiger partial charge in [0, 0.05) is 29.1 Å². The van der Waals surface area contributed by atoms with Crippen LogP contribution in [0, 0.1) is 5.82 Å². The van der Waals surface area contributed by atoms with Gasteiger partial charge in [-0.05, 0) is 92.6 Å². The molecule has 0 aromatic heterocycles. The molecule has 47 heavy (non-hydrogen) atoms. The third-order valence-electron chi connectivity index (χ3n) is 7.17. The van der Waals surface area contributed by atoms with Crippen LogP contribution in [0.4, 0.5) is 10.1 Å². The number of rotatable bonds is 14. The fraction of sp³-hybridized carbons (Fsp3) is 0.257. The molecular weight excluding hydrogens is 664 g/mol. The first kappa shape index (κ1) is 35.7. The Bertz CT molecular complexity index is 1770. The smallest absolute Gasteiger partial charge is 0.264 e. The maximum atomic E-state index is 14.5. The first-order valence-corrected chi connectivity index (χ1v) is 17.2. The molecule has 0 bridgehead atoms. The van der Waals surface area contributed by atoms with Gasteiger partial charge in [-0.2, -0.15) is 0 Å². The van der Waals surface area contributed by atoms with Crippen LogP contribution in [0.1, 0.15) is 31.9 Å². The van der Waals surface area contributed by atoms with E-state index >= 15 is 0 Å². The van der Waals surface area contributed by atoms with Crippen molar-refractivity contribution in [3.8, 4) is 5.75 Å². The van der Waals surface area contributed by atoms with Gasteiger partial charge in [0.1, 0.15) is 24.2 Å². The zero-order valence-corrected chi connectivity index (χ0v) is 28.5. The van der Waals surface area contributed by atoms with E-state index in [1.165, 1.54) is 23.1 Å². The lowest BCUT2D eigenvalue weighted by Crippen LogP contribution is -2.54. The third-order valence-corrected chi connectivity index (χ3v) is 9.55. The second-order valence-corrected chi connectivity index (χ2v) is 13.7. The van der Waals surface area contributed by atoms with Crippen LogP contribution in [-0.2, 0) is 32.6 Å². The molecule has 0 saturated heterocycles. The molecule has 0 radical (unpaired) electrons. The molecule has 12 heteroatoms. The first-order valence-electron chi connectivity index (χ1n) is 15.0. The highest BCUT2D eigenvalue weighted by molar-refractivity contribution is 7.92. The van der Waals surface area contributed by atoms with Crippen LogP contribution in [0.25, 0.3) is 0 Å². The zero-order valence-electron chi connectivity index (χ0n) is 26.2. The van der Waals surface area contributed by atoms with E-state index in [0.717, 1.165) is 34.1 Å². The number of benzene rings is 4. The lowest BCUT2D eigenvalue weighted by atomic mass is 10.0. The maximum Gasteiger partial charge on any atom is 0.264 e. The standard InChI is InChI=1S/C35H36Cl2FN3O5S/c1-4-46-30-16-14-29(15-17-30)41(47(44,45)31-18-12-28(38)13-19-31)23-34(42)40(22-26-10-11-27(36)21-32(26)37)33(35(43)39-24(2)3)20-25-8-6-5-7-9-25/h5-19,21,24,33H,4,20,22-23H2,1-3H3,(H,39,43)/t33-/m1/s1. The van der Waals surface area contributed by atoms with Crippen LogP contribution >= 0.6 is 23.2 Å². The predicted octanol–water partition coefficient (Wildman–Crippen LogP) is 6.89. The van der Waals surface area contributed by atoms with E-state index in [1.54, 1.807) is 24.3 Å². The lowest BCUT2D eigenvalue weighted by molar-refractivity contribution is -0.140. The topological polar surface area (TPSA) is 96.0 Å². The van der Waals surface area contributed by atoms with Gasteiger partial charge in [0.05, 0.1) is 17.2 Å². The molecule has 4 aromatic rings. The zero-order chi connectivity index (χ0) is 34.1. The van der Waals surface area contributed by atoms with Gasteiger partial charge in [0.25, 0.3) is 10.0 Å². The molecule has 1 atom stereocenters. The number of carbonyl (C=O) groups excluding carboxylic acids is 2. The second-order valence-electron chi connectivity index (χ2n) is 11.0. The Balaban J connectivity index is 1.82. The summed E-state index contributed by atoms with van der Waals surface area (Å²) in [4.78, 5) is 29.4. The van der Waals surface area contributed by atoms with Crippen LogP contribution in [0.2, 0.25) is 10.0 Å². The van der Waals surface area contributed by atoms with Gasteiger partial charge in [-0.1, -0.05) is 59.6 Å². The minimum atomic E-state index is -4.40. The summed E-state index contributed by atoms with van der Waals surface area (Å²) in [6.07, 6.45) is 0.143. The van der Waals surface area contributed by atoms with E-state index in [1.807, 2.05) is 51.1 Å². The Morgan fingerprint density at radius 2 is 1.57 bits per heavy atom. The average molecular weight is 701 g/mol. The number of nitrogens with one attached hydrogen (secondary N) is 1. The van der Waals surface area contributed by atoms with Gasteiger partial charge in [-0.15, -0.1) is 0 Å². The van der Waals surface area contributed by atoms with E-state index in [4.69, 9.17) is 27.9 Å². The maximum absolute atomic E-state index is 14.5. The number of ether oxygens (including phenoxy) is 1. The summed E-state index contributed by atoms with van der Waals surface area (Å²) in [7, 11) is -4.40. The predicted molar refractivity (Wildman–Crippen MR) is 183 cm³/mol. The molecule has 0 saturated carbocycles. The Labute approximate surface area is 285 Å². The molecule has 2 amide bonds. The Morgan fingerprint density at radius 3 is 2.17 bits per heavy atom. The molecule has 8 nitrogen and oxygen atoms in total. The van der Waals surface area contributed by atoms with Gasteiger partial charge in [-0.25, -0.2) is 12.8 Å². The second kappa shape index (κ2) is 16.1. The van der Waals surface area contributed by atoms with Crippen LogP contribution < -0.4 is 14.4 Å². The van der Waals surface area contributed by atoms with Crippen molar-refractivity contribution in [3.63, 3.8) is 0 Å². The van der Waals surface area contributed by atoms with E-state index in [2.05, 4.69) is 5.32 Å². The minimum Gasteiger partial charge on any atom is -0.494 e. The number of nitrogens with zero attached hydrogens (tertiary/aromatic N) is 2. The van der Waals surface area contributed by atoms with Crippen molar-refractivity contribution in [3.05, 3.63) is 124 Å². The minimum absolute atomic E-state index is 0.119. The summed E-state index contributed by atoms with van der Waals surface area (Å²) in [6, 6.07) is 23.3. The summed E-state index contributed by atoms with van der Waals surface area (Å²) < 4.78 is 48.4. The molecule has 1 N–H and O–H groups in total. The van der Waals surface area contributed by atoms with Gasteiger partial charge < -0.3 is 15.0 Å². The largest absolute Gasteiger partial charge is 0.494 e. The molecule has 0 aliphatic carbocycles. The Hall–Kier alpha value is -4.12. The highest BCUT2D eigenvalue weighted by Gasteiger charge is 2.35. The molecule has 4 rings (SSSR count). The summed E-state index contributed by atoms with van der Waals surface area (Å²) >= 11 is 12.7. The van der Waals surface area contributed by atoms with Crippen molar-refractivity contribution in [1.29, 1.82) is 0 Å². The molecule has 248 valence electrons. The fourth-order valence-electron chi connectivity index (χ4n) is 4.91. The number of anilines is 1. The van der Waals surface area contributed by atoms with Crippen LogP contribution in [0.3, 0.4) is 0 Å². The summed E-state index contributed by atoms with van der Waals surface area (Å²) in [5, 5.41) is 3.57.